The van der Waals surface area contributed by atoms with Gasteiger partial charge < -0.3 is 0 Å². The van der Waals surface area contributed by atoms with Crippen LogP contribution in [0, 0.1) is 11.3 Å². The first kappa shape index (κ1) is 30.4. The number of nitrogens with zero attached hydrogens (tertiary/aromatic N) is 3. The number of nitriles is 1. The zero-order valence-electron chi connectivity index (χ0n) is 28.4. The van der Waals surface area contributed by atoms with Crippen LogP contribution < -0.4 is 0 Å². The highest BCUT2D eigenvalue weighted by Gasteiger charge is 2.37. The molecule has 3 nitrogen and oxygen atoms in total. The molecule has 1 aromatic heterocycles. The van der Waals surface area contributed by atoms with Crippen molar-refractivity contribution >= 4 is 10.8 Å². The molecule has 8 aromatic rings. The number of fused-ring (bicyclic) bond motifs is 4. The Balaban J connectivity index is 1.27. The molecule has 1 aliphatic carbocycles. The van der Waals surface area contributed by atoms with Crippen molar-refractivity contribution in [1.29, 1.82) is 5.26 Å². The van der Waals surface area contributed by atoms with Crippen LogP contribution in [0.25, 0.3) is 78.1 Å². The van der Waals surface area contributed by atoms with E-state index in [1.807, 2.05) is 48.5 Å². The molecule has 0 atom stereocenters. The highest BCUT2D eigenvalue weighted by molar-refractivity contribution is 6.01. The summed E-state index contributed by atoms with van der Waals surface area (Å²) in [6, 6.07) is 59.4. The molecule has 51 heavy (non-hydrogen) atoms. The number of aromatic nitrogens is 2. The molecular weight excluding hydrogens is 619 g/mol. The number of hydrogen-bond acceptors (Lipinski definition) is 3. The lowest BCUT2D eigenvalue weighted by Crippen LogP contribution is -2.14. The van der Waals surface area contributed by atoms with Crippen LogP contribution in [0.3, 0.4) is 0 Å². The minimum absolute atomic E-state index is 0.141. The summed E-state index contributed by atoms with van der Waals surface area (Å²) in [5.41, 5.74) is 14.9. The summed E-state index contributed by atoms with van der Waals surface area (Å²) in [7, 11) is 0. The average Bonchev–Trinajstić information content (AvgIpc) is 3.42. The Morgan fingerprint density at radius 1 is 0.451 bits per heavy atom. The summed E-state index contributed by atoms with van der Waals surface area (Å²) in [5.74, 6) is 0.670. The fourth-order valence-corrected chi connectivity index (χ4v) is 7.76. The van der Waals surface area contributed by atoms with Gasteiger partial charge >= 0.3 is 0 Å². The first-order valence-corrected chi connectivity index (χ1v) is 17.3. The molecule has 0 fully saturated rings. The molecule has 0 amide bonds. The number of benzene rings is 7. The van der Waals surface area contributed by atoms with Crippen molar-refractivity contribution in [1.82, 2.24) is 9.97 Å². The molecule has 240 valence electrons. The molecular formula is C48H33N3. The Labute approximate surface area is 298 Å². The van der Waals surface area contributed by atoms with E-state index in [0.717, 1.165) is 44.8 Å². The molecule has 0 bridgehead atoms. The van der Waals surface area contributed by atoms with Crippen LogP contribution in [0.5, 0.6) is 0 Å². The van der Waals surface area contributed by atoms with E-state index in [9.17, 15) is 5.26 Å². The predicted molar refractivity (Wildman–Crippen MR) is 209 cm³/mol. The molecule has 0 N–H and O–H groups in total. The van der Waals surface area contributed by atoms with Crippen molar-refractivity contribution in [3.05, 3.63) is 180 Å². The smallest absolute Gasteiger partial charge is 0.160 e. The van der Waals surface area contributed by atoms with Crippen LogP contribution in [0.1, 0.15) is 30.5 Å². The van der Waals surface area contributed by atoms with E-state index in [1.54, 1.807) is 0 Å². The van der Waals surface area contributed by atoms with Crippen LogP contribution >= 0.6 is 0 Å². The van der Waals surface area contributed by atoms with E-state index in [2.05, 4.69) is 135 Å². The lowest BCUT2D eigenvalue weighted by molar-refractivity contribution is 0.661. The van der Waals surface area contributed by atoms with E-state index < -0.39 is 0 Å². The molecule has 1 aliphatic rings. The van der Waals surface area contributed by atoms with E-state index in [1.165, 1.54) is 38.6 Å². The minimum Gasteiger partial charge on any atom is -0.228 e. The van der Waals surface area contributed by atoms with E-state index >= 15 is 0 Å². The largest absolute Gasteiger partial charge is 0.228 e. The van der Waals surface area contributed by atoms with Crippen molar-refractivity contribution in [3.63, 3.8) is 0 Å². The zero-order chi connectivity index (χ0) is 34.5. The van der Waals surface area contributed by atoms with Crippen molar-refractivity contribution in [2.24, 2.45) is 0 Å². The van der Waals surface area contributed by atoms with Gasteiger partial charge in [-0.05, 0) is 85.6 Å². The highest BCUT2D eigenvalue weighted by atomic mass is 14.9. The standard InChI is InChI=1S/C48H33N3/c1-48(2)42-22-12-21-40(46(42)41-27-34-15-6-7-16-35(34)28-43(41)48)37-18-9-11-20-39(37)45-29-44(50-47(51-45)33-13-4-3-5-14-33)38-19-10-8-17-36(38)32-25-23-31(30-49)24-26-32/h3-29H,1-2H3. The van der Waals surface area contributed by atoms with Gasteiger partial charge in [-0.15, -0.1) is 0 Å². The SMILES string of the molecule is CC1(C)c2cc3ccccc3cc2-c2c(-c3ccccc3-c3cc(-c4ccccc4-c4ccc(C#N)cc4)nc(-c4ccccc4)n3)cccc21. The topological polar surface area (TPSA) is 49.6 Å². The van der Waals surface area contributed by atoms with Crippen LogP contribution in [-0.4, -0.2) is 9.97 Å². The first-order valence-electron chi connectivity index (χ1n) is 17.3. The maximum atomic E-state index is 9.41. The van der Waals surface area contributed by atoms with E-state index in [-0.39, 0.29) is 5.41 Å². The molecule has 0 spiro atoms. The fourth-order valence-electron chi connectivity index (χ4n) is 7.76. The molecule has 0 saturated carbocycles. The normalized spacial score (nSPS) is 12.6. The minimum atomic E-state index is -0.141. The van der Waals surface area contributed by atoms with Crippen molar-refractivity contribution in [2.75, 3.05) is 0 Å². The fraction of sp³-hybridized carbons (Fsp3) is 0.0625. The summed E-state index contributed by atoms with van der Waals surface area (Å²) in [6.45, 7) is 4.69. The molecule has 0 radical (unpaired) electrons. The molecule has 0 saturated heterocycles. The predicted octanol–water partition coefficient (Wildman–Crippen LogP) is 12.1. The second-order valence-corrected chi connectivity index (χ2v) is 13.7. The van der Waals surface area contributed by atoms with Crippen LogP contribution in [0.15, 0.2) is 164 Å². The molecule has 3 heteroatoms. The van der Waals surface area contributed by atoms with Gasteiger partial charge in [0.15, 0.2) is 5.82 Å². The van der Waals surface area contributed by atoms with Gasteiger partial charge in [-0.1, -0.05) is 147 Å². The van der Waals surface area contributed by atoms with Crippen molar-refractivity contribution < 1.29 is 0 Å². The number of hydrogen-bond donors (Lipinski definition) is 0. The highest BCUT2D eigenvalue weighted by Crippen LogP contribution is 2.54. The summed E-state index contributed by atoms with van der Waals surface area (Å²) in [4.78, 5) is 10.5. The van der Waals surface area contributed by atoms with Gasteiger partial charge in [0.25, 0.3) is 0 Å². The summed E-state index contributed by atoms with van der Waals surface area (Å²) in [5, 5.41) is 11.9. The molecule has 7 aromatic carbocycles. The Hall–Kier alpha value is -6.63. The number of rotatable bonds is 5. The second kappa shape index (κ2) is 12.1. The summed E-state index contributed by atoms with van der Waals surface area (Å²) >= 11 is 0. The van der Waals surface area contributed by atoms with Crippen molar-refractivity contribution in [3.8, 4) is 73.4 Å². The van der Waals surface area contributed by atoms with Crippen LogP contribution in [0.4, 0.5) is 0 Å². The Morgan fingerprint density at radius 3 is 1.71 bits per heavy atom. The zero-order valence-corrected chi connectivity index (χ0v) is 28.4. The van der Waals surface area contributed by atoms with Gasteiger partial charge in [-0.25, -0.2) is 9.97 Å². The Kier molecular flexibility index (Phi) is 7.19. The molecule has 0 aliphatic heterocycles. The van der Waals surface area contributed by atoms with Gasteiger partial charge in [0.05, 0.1) is 23.0 Å². The van der Waals surface area contributed by atoms with Gasteiger partial charge in [-0.3, -0.25) is 0 Å². The average molecular weight is 652 g/mol. The van der Waals surface area contributed by atoms with Gasteiger partial charge in [-0.2, -0.15) is 5.26 Å². The molecule has 0 unspecified atom stereocenters. The van der Waals surface area contributed by atoms with Crippen LogP contribution in [0.2, 0.25) is 0 Å². The van der Waals surface area contributed by atoms with Crippen LogP contribution in [-0.2, 0) is 5.41 Å². The summed E-state index contributed by atoms with van der Waals surface area (Å²) < 4.78 is 0. The van der Waals surface area contributed by atoms with Crippen molar-refractivity contribution in [2.45, 2.75) is 19.3 Å². The van der Waals surface area contributed by atoms with Gasteiger partial charge in [0, 0.05) is 22.1 Å². The maximum absolute atomic E-state index is 9.41. The van der Waals surface area contributed by atoms with E-state index in [4.69, 9.17) is 9.97 Å². The first-order chi connectivity index (χ1) is 25.0. The maximum Gasteiger partial charge on any atom is 0.160 e. The molecule has 9 rings (SSSR count). The van der Waals surface area contributed by atoms with Gasteiger partial charge in [0.1, 0.15) is 0 Å². The van der Waals surface area contributed by atoms with Gasteiger partial charge in [0.2, 0.25) is 0 Å². The Bertz CT molecular complexity index is 2660. The second-order valence-electron chi connectivity index (χ2n) is 13.7. The Morgan fingerprint density at radius 2 is 1.02 bits per heavy atom. The summed E-state index contributed by atoms with van der Waals surface area (Å²) in [6.07, 6.45) is 0. The lowest BCUT2D eigenvalue weighted by Gasteiger charge is -2.22. The van der Waals surface area contributed by atoms with E-state index in [0.29, 0.717) is 11.4 Å². The third kappa shape index (κ3) is 5.12. The molecule has 1 heterocycles. The third-order valence-electron chi connectivity index (χ3n) is 10.3. The quantitative estimate of drug-likeness (QED) is 0.186. The third-order valence-corrected chi connectivity index (χ3v) is 10.3. The monoisotopic (exact) mass is 651 g/mol. The lowest BCUT2D eigenvalue weighted by atomic mass is 9.81.